The van der Waals surface area contributed by atoms with Crippen molar-refractivity contribution in [3.63, 3.8) is 0 Å². The van der Waals surface area contributed by atoms with Crippen molar-refractivity contribution in [3.05, 3.63) is 24.3 Å². The lowest BCUT2D eigenvalue weighted by molar-refractivity contribution is -0.120. The fraction of sp³-hybridized carbons (Fsp3) is 0.417. The summed E-state index contributed by atoms with van der Waals surface area (Å²) < 4.78 is 0. The van der Waals surface area contributed by atoms with Crippen molar-refractivity contribution in [1.29, 1.82) is 0 Å². The van der Waals surface area contributed by atoms with Gasteiger partial charge in [0.2, 0.25) is 5.91 Å². The lowest BCUT2D eigenvalue weighted by atomic mass is 9.97. The summed E-state index contributed by atoms with van der Waals surface area (Å²) in [6, 6.07) is 8.02. The van der Waals surface area contributed by atoms with Gasteiger partial charge in [0.15, 0.2) is 0 Å². The number of piperidine rings is 1. The predicted molar refractivity (Wildman–Crippen MR) is 59.8 cm³/mol. The molecule has 0 spiro atoms. The molecule has 1 saturated heterocycles. The molecule has 78 valence electrons. The standard InChI is InChI=1S/C12H14N2O/c1-12-8-4-7-11(15)14(12)10-6-3-2-5-9(10)13-12/h2-3,5-6,13H,4,7-8H2,1H3/t12-/m1/s1. The van der Waals surface area contributed by atoms with Gasteiger partial charge in [0.05, 0.1) is 11.4 Å². The van der Waals surface area contributed by atoms with E-state index in [9.17, 15) is 4.79 Å². The molecule has 1 N–H and O–H groups in total. The molecule has 2 heterocycles. The third kappa shape index (κ3) is 1.09. The minimum absolute atomic E-state index is 0.195. The molecule has 3 rings (SSSR count). The molecule has 1 fully saturated rings. The summed E-state index contributed by atoms with van der Waals surface area (Å²) in [6.45, 7) is 2.10. The second kappa shape index (κ2) is 2.75. The number of rotatable bonds is 0. The Kier molecular flexibility index (Phi) is 1.61. The van der Waals surface area contributed by atoms with Gasteiger partial charge in [-0.15, -0.1) is 0 Å². The molecule has 3 nitrogen and oxygen atoms in total. The summed E-state index contributed by atoms with van der Waals surface area (Å²) in [4.78, 5) is 13.9. The zero-order chi connectivity index (χ0) is 10.5. The molecule has 0 radical (unpaired) electrons. The van der Waals surface area contributed by atoms with E-state index in [0.717, 1.165) is 24.2 Å². The first-order valence-corrected chi connectivity index (χ1v) is 5.41. The molecule has 2 aliphatic heterocycles. The Labute approximate surface area is 89.1 Å². The van der Waals surface area contributed by atoms with E-state index in [0.29, 0.717) is 6.42 Å². The number of carbonyl (C=O) groups excluding carboxylic acids is 1. The number of hydrogen-bond donors (Lipinski definition) is 1. The van der Waals surface area contributed by atoms with Gasteiger partial charge in [0.1, 0.15) is 5.66 Å². The highest BCUT2D eigenvalue weighted by Gasteiger charge is 2.44. The zero-order valence-corrected chi connectivity index (χ0v) is 8.79. The fourth-order valence-corrected chi connectivity index (χ4v) is 2.67. The van der Waals surface area contributed by atoms with E-state index >= 15 is 0 Å². The van der Waals surface area contributed by atoms with E-state index in [4.69, 9.17) is 0 Å². The van der Waals surface area contributed by atoms with Crippen LogP contribution in [0.1, 0.15) is 26.2 Å². The van der Waals surface area contributed by atoms with Crippen LogP contribution in [-0.4, -0.2) is 11.6 Å². The van der Waals surface area contributed by atoms with Crippen molar-refractivity contribution < 1.29 is 4.79 Å². The molecular weight excluding hydrogens is 188 g/mol. The van der Waals surface area contributed by atoms with Gasteiger partial charge in [-0.2, -0.15) is 0 Å². The van der Waals surface area contributed by atoms with Gasteiger partial charge in [-0.3, -0.25) is 9.69 Å². The number of para-hydroxylation sites is 2. The molecule has 3 heteroatoms. The lowest BCUT2D eigenvalue weighted by Gasteiger charge is -2.39. The summed E-state index contributed by atoms with van der Waals surface area (Å²) in [5, 5.41) is 3.45. The van der Waals surface area contributed by atoms with Crippen LogP contribution in [0.5, 0.6) is 0 Å². The van der Waals surface area contributed by atoms with Gasteiger partial charge >= 0.3 is 0 Å². The van der Waals surface area contributed by atoms with Gasteiger partial charge in [0, 0.05) is 6.42 Å². The number of benzene rings is 1. The lowest BCUT2D eigenvalue weighted by Crippen LogP contribution is -2.54. The normalized spacial score (nSPS) is 28.3. The van der Waals surface area contributed by atoms with E-state index in [2.05, 4.69) is 12.2 Å². The molecule has 15 heavy (non-hydrogen) atoms. The number of nitrogens with one attached hydrogen (secondary N) is 1. The van der Waals surface area contributed by atoms with Crippen molar-refractivity contribution in [2.24, 2.45) is 0 Å². The molecule has 1 aromatic carbocycles. The first-order valence-electron chi connectivity index (χ1n) is 5.41. The minimum atomic E-state index is -0.195. The highest BCUT2D eigenvalue weighted by Crippen LogP contribution is 2.44. The molecule has 1 aromatic rings. The van der Waals surface area contributed by atoms with Gasteiger partial charge in [-0.25, -0.2) is 0 Å². The Hall–Kier alpha value is -1.51. The number of anilines is 2. The topological polar surface area (TPSA) is 32.3 Å². The number of fused-ring (bicyclic) bond motifs is 3. The molecule has 0 unspecified atom stereocenters. The van der Waals surface area contributed by atoms with Crippen LogP contribution in [0.25, 0.3) is 0 Å². The average molecular weight is 202 g/mol. The number of amides is 1. The summed E-state index contributed by atoms with van der Waals surface area (Å²) in [6.07, 6.45) is 2.67. The van der Waals surface area contributed by atoms with Crippen molar-refractivity contribution in [3.8, 4) is 0 Å². The van der Waals surface area contributed by atoms with Crippen LogP contribution >= 0.6 is 0 Å². The van der Waals surface area contributed by atoms with Crippen LogP contribution in [0.4, 0.5) is 11.4 Å². The van der Waals surface area contributed by atoms with Crippen molar-refractivity contribution in [2.45, 2.75) is 31.8 Å². The second-order valence-electron chi connectivity index (χ2n) is 4.50. The Bertz CT molecular complexity index is 429. The zero-order valence-electron chi connectivity index (χ0n) is 8.79. The van der Waals surface area contributed by atoms with Crippen molar-refractivity contribution >= 4 is 17.3 Å². The predicted octanol–water partition coefficient (Wildman–Crippen LogP) is 2.35. The Balaban J connectivity index is 2.13. The Morgan fingerprint density at radius 3 is 3.07 bits per heavy atom. The van der Waals surface area contributed by atoms with E-state index in [1.54, 1.807) is 0 Å². The fourth-order valence-electron chi connectivity index (χ4n) is 2.67. The van der Waals surface area contributed by atoms with Gasteiger partial charge in [-0.1, -0.05) is 12.1 Å². The maximum absolute atomic E-state index is 11.9. The number of nitrogens with zero attached hydrogens (tertiary/aromatic N) is 1. The van der Waals surface area contributed by atoms with E-state index in [-0.39, 0.29) is 11.6 Å². The van der Waals surface area contributed by atoms with Crippen LogP contribution in [0.3, 0.4) is 0 Å². The summed E-state index contributed by atoms with van der Waals surface area (Å²) in [5.41, 5.74) is 1.92. The highest BCUT2D eigenvalue weighted by molar-refractivity contribution is 6.02. The SMILES string of the molecule is C[C@]12CCCC(=O)N1c1ccccc1N2. The molecular formula is C12H14N2O. The van der Waals surface area contributed by atoms with E-state index in [1.807, 2.05) is 29.2 Å². The van der Waals surface area contributed by atoms with Gasteiger partial charge in [0.25, 0.3) is 0 Å². The van der Waals surface area contributed by atoms with E-state index in [1.165, 1.54) is 0 Å². The molecule has 0 aromatic heterocycles. The molecule has 2 aliphatic rings. The molecule has 1 amide bonds. The maximum Gasteiger partial charge on any atom is 0.228 e. The second-order valence-corrected chi connectivity index (χ2v) is 4.50. The third-order valence-electron chi connectivity index (χ3n) is 3.35. The first-order chi connectivity index (χ1) is 7.21. The minimum Gasteiger partial charge on any atom is -0.361 e. The smallest absolute Gasteiger partial charge is 0.228 e. The summed E-state index contributed by atoms with van der Waals surface area (Å²) in [5.74, 6) is 0.237. The van der Waals surface area contributed by atoms with Crippen LogP contribution < -0.4 is 10.2 Å². The Morgan fingerprint density at radius 1 is 1.40 bits per heavy atom. The third-order valence-corrected chi connectivity index (χ3v) is 3.35. The monoisotopic (exact) mass is 202 g/mol. The van der Waals surface area contributed by atoms with Gasteiger partial charge in [-0.05, 0) is 31.9 Å². The number of hydrogen-bond acceptors (Lipinski definition) is 2. The largest absolute Gasteiger partial charge is 0.361 e. The summed E-state index contributed by atoms with van der Waals surface area (Å²) in [7, 11) is 0. The van der Waals surface area contributed by atoms with Gasteiger partial charge < -0.3 is 5.32 Å². The van der Waals surface area contributed by atoms with Crippen LogP contribution in [0.15, 0.2) is 24.3 Å². The number of carbonyl (C=O) groups is 1. The highest BCUT2D eigenvalue weighted by atomic mass is 16.2. The summed E-state index contributed by atoms with van der Waals surface area (Å²) >= 11 is 0. The first kappa shape index (κ1) is 8.77. The Morgan fingerprint density at radius 2 is 2.20 bits per heavy atom. The van der Waals surface area contributed by atoms with Crippen LogP contribution in [0, 0.1) is 0 Å². The van der Waals surface area contributed by atoms with Crippen LogP contribution in [0.2, 0.25) is 0 Å². The molecule has 0 saturated carbocycles. The van der Waals surface area contributed by atoms with Crippen LogP contribution in [-0.2, 0) is 4.79 Å². The molecule has 0 bridgehead atoms. The molecule has 0 aliphatic carbocycles. The maximum atomic E-state index is 11.9. The molecule has 1 atom stereocenters. The van der Waals surface area contributed by atoms with Crippen molar-refractivity contribution in [1.82, 2.24) is 0 Å². The van der Waals surface area contributed by atoms with E-state index < -0.39 is 0 Å². The average Bonchev–Trinajstić information content (AvgIpc) is 2.50. The van der Waals surface area contributed by atoms with Crippen molar-refractivity contribution in [2.75, 3.05) is 10.2 Å². The quantitative estimate of drug-likeness (QED) is 0.700.